The summed E-state index contributed by atoms with van der Waals surface area (Å²) in [7, 11) is 0. The molecule has 0 saturated carbocycles. The Morgan fingerprint density at radius 1 is 0.773 bits per heavy atom. The summed E-state index contributed by atoms with van der Waals surface area (Å²) in [5.41, 5.74) is 4.80. The van der Waals surface area contributed by atoms with Crippen LogP contribution in [0.5, 0.6) is 0 Å². The van der Waals surface area contributed by atoms with Gasteiger partial charge in [0.05, 0.1) is 0 Å². The van der Waals surface area contributed by atoms with E-state index < -0.39 is 0 Å². The van der Waals surface area contributed by atoms with Crippen molar-refractivity contribution in [3.05, 3.63) is 90.1 Å². The molecule has 0 aromatic heterocycles. The second-order valence-electron chi connectivity index (χ2n) is 5.08. The first-order chi connectivity index (χ1) is 10.9. The maximum atomic E-state index is 4.54. The molecule has 0 radical (unpaired) electrons. The number of benzene rings is 2. The van der Waals surface area contributed by atoms with E-state index in [4.69, 9.17) is 0 Å². The van der Waals surface area contributed by atoms with Gasteiger partial charge in [-0.05, 0) is 28.8 Å². The van der Waals surface area contributed by atoms with Crippen LogP contribution in [0.25, 0.3) is 16.7 Å². The SMILES string of the molecule is C1=CN2C=CSN=C2C(c2ccc(-c3ccccc3)cc2)=C1. The number of allylic oxidation sites excluding steroid dienone is 2. The molecule has 0 amide bonds. The monoisotopic (exact) mass is 302 g/mol. The average Bonchev–Trinajstić information content (AvgIpc) is 2.62. The Kier molecular flexibility index (Phi) is 3.41. The quantitative estimate of drug-likeness (QED) is 0.717. The lowest BCUT2D eigenvalue weighted by atomic mass is 9.98. The van der Waals surface area contributed by atoms with E-state index in [9.17, 15) is 0 Å². The number of fused-ring (bicyclic) bond motifs is 1. The third kappa shape index (κ3) is 2.40. The highest BCUT2D eigenvalue weighted by molar-refractivity contribution is 8.01. The smallest absolute Gasteiger partial charge is 0.152 e. The number of hydrogen-bond acceptors (Lipinski definition) is 3. The Bertz CT molecular complexity index is 799. The van der Waals surface area contributed by atoms with Crippen molar-refractivity contribution in [1.82, 2.24) is 4.90 Å². The van der Waals surface area contributed by atoms with Crippen LogP contribution < -0.4 is 0 Å². The van der Waals surface area contributed by atoms with Gasteiger partial charge in [0, 0.05) is 35.3 Å². The van der Waals surface area contributed by atoms with E-state index in [1.807, 2.05) is 23.9 Å². The molecule has 0 bridgehead atoms. The molecular formula is C19H14N2S. The Hall–Kier alpha value is -2.52. The van der Waals surface area contributed by atoms with Crippen molar-refractivity contribution in [3.8, 4) is 11.1 Å². The number of rotatable bonds is 2. The molecule has 2 nitrogen and oxygen atoms in total. The second kappa shape index (κ2) is 5.70. The molecule has 22 heavy (non-hydrogen) atoms. The lowest BCUT2D eigenvalue weighted by molar-refractivity contribution is 0.764. The average molecular weight is 302 g/mol. The molecule has 2 aliphatic heterocycles. The highest BCUT2D eigenvalue weighted by atomic mass is 32.2. The second-order valence-corrected chi connectivity index (χ2v) is 5.74. The van der Waals surface area contributed by atoms with Crippen LogP contribution in [0.2, 0.25) is 0 Å². The molecule has 2 aromatic rings. The van der Waals surface area contributed by atoms with Gasteiger partial charge in [-0.3, -0.25) is 0 Å². The van der Waals surface area contributed by atoms with Crippen LogP contribution in [-0.4, -0.2) is 10.7 Å². The predicted octanol–water partition coefficient (Wildman–Crippen LogP) is 5.10. The molecule has 0 saturated heterocycles. The molecule has 4 rings (SSSR count). The van der Waals surface area contributed by atoms with Crippen molar-refractivity contribution in [2.24, 2.45) is 4.40 Å². The minimum Gasteiger partial charge on any atom is -0.307 e. The molecule has 0 spiro atoms. The van der Waals surface area contributed by atoms with Crippen molar-refractivity contribution in [2.45, 2.75) is 0 Å². The van der Waals surface area contributed by atoms with Crippen molar-refractivity contribution >= 4 is 23.4 Å². The zero-order valence-electron chi connectivity index (χ0n) is 11.9. The van der Waals surface area contributed by atoms with Crippen LogP contribution in [0.1, 0.15) is 5.56 Å². The molecule has 0 aliphatic carbocycles. The van der Waals surface area contributed by atoms with E-state index in [1.165, 1.54) is 28.6 Å². The molecule has 2 aromatic carbocycles. The Morgan fingerprint density at radius 3 is 2.32 bits per heavy atom. The molecule has 0 atom stereocenters. The lowest BCUT2D eigenvalue weighted by Gasteiger charge is -2.25. The fraction of sp³-hybridized carbons (Fsp3) is 0. The maximum absolute atomic E-state index is 4.54. The van der Waals surface area contributed by atoms with E-state index in [-0.39, 0.29) is 0 Å². The molecule has 3 heteroatoms. The molecule has 106 valence electrons. The van der Waals surface area contributed by atoms with Gasteiger partial charge in [-0.2, -0.15) is 4.40 Å². The van der Waals surface area contributed by atoms with Crippen LogP contribution >= 0.6 is 11.9 Å². The van der Waals surface area contributed by atoms with Gasteiger partial charge < -0.3 is 4.90 Å². The number of nitrogens with zero attached hydrogens (tertiary/aromatic N) is 2. The molecule has 2 aliphatic rings. The topological polar surface area (TPSA) is 15.6 Å². The molecule has 0 fully saturated rings. The molecular weight excluding hydrogens is 288 g/mol. The first kappa shape index (κ1) is 13.2. The fourth-order valence-corrected chi connectivity index (χ4v) is 3.14. The summed E-state index contributed by atoms with van der Waals surface area (Å²) in [6.45, 7) is 0. The summed E-state index contributed by atoms with van der Waals surface area (Å²) in [6.07, 6.45) is 8.23. The van der Waals surface area contributed by atoms with E-state index >= 15 is 0 Å². The third-order valence-corrected chi connectivity index (χ3v) is 4.24. The van der Waals surface area contributed by atoms with Crippen molar-refractivity contribution in [2.75, 3.05) is 0 Å². The highest BCUT2D eigenvalue weighted by Gasteiger charge is 2.18. The lowest BCUT2D eigenvalue weighted by Crippen LogP contribution is -2.24. The van der Waals surface area contributed by atoms with Crippen LogP contribution in [-0.2, 0) is 0 Å². The molecule has 0 unspecified atom stereocenters. The van der Waals surface area contributed by atoms with E-state index in [1.54, 1.807) is 0 Å². The van der Waals surface area contributed by atoms with Gasteiger partial charge in [0.1, 0.15) is 0 Å². The van der Waals surface area contributed by atoms with Gasteiger partial charge in [0.25, 0.3) is 0 Å². The fourth-order valence-electron chi connectivity index (χ4n) is 2.60. The van der Waals surface area contributed by atoms with Crippen molar-refractivity contribution in [1.29, 1.82) is 0 Å². The number of amidine groups is 1. The first-order valence-electron chi connectivity index (χ1n) is 7.15. The van der Waals surface area contributed by atoms with Crippen LogP contribution in [0.15, 0.2) is 89.0 Å². The zero-order valence-corrected chi connectivity index (χ0v) is 12.7. The summed E-state index contributed by atoms with van der Waals surface area (Å²) in [6, 6.07) is 19.1. The highest BCUT2D eigenvalue weighted by Crippen LogP contribution is 2.29. The molecule has 2 heterocycles. The van der Waals surface area contributed by atoms with Gasteiger partial charge in [-0.1, -0.05) is 54.6 Å². The maximum Gasteiger partial charge on any atom is 0.152 e. The van der Waals surface area contributed by atoms with Crippen LogP contribution in [0, 0.1) is 0 Å². The van der Waals surface area contributed by atoms with Gasteiger partial charge in [0.2, 0.25) is 0 Å². The van der Waals surface area contributed by atoms with Crippen LogP contribution in [0.4, 0.5) is 0 Å². The van der Waals surface area contributed by atoms with Gasteiger partial charge in [-0.25, -0.2) is 0 Å². The predicted molar refractivity (Wildman–Crippen MR) is 95.0 cm³/mol. The summed E-state index contributed by atoms with van der Waals surface area (Å²) >= 11 is 1.47. The Morgan fingerprint density at radius 2 is 1.50 bits per heavy atom. The van der Waals surface area contributed by atoms with Gasteiger partial charge in [0.15, 0.2) is 5.84 Å². The minimum atomic E-state index is 0.988. The zero-order chi connectivity index (χ0) is 14.8. The summed E-state index contributed by atoms with van der Waals surface area (Å²) in [5.74, 6) is 0.988. The van der Waals surface area contributed by atoms with Crippen LogP contribution in [0.3, 0.4) is 0 Å². The Balaban J connectivity index is 1.68. The summed E-state index contributed by atoms with van der Waals surface area (Å²) in [5, 5.41) is 1.98. The van der Waals surface area contributed by atoms with E-state index in [0.29, 0.717) is 0 Å². The van der Waals surface area contributed by atoms with Gasteiger partial charge in [-0.15, -0.1) is 0 Å². The van der Waals surface area contributed by atoms with Crippen molar-refractivity contribution in [3.63, 3.8) is 0 Å². The summed E-state index contributed by atoms with van der Waals surface area (Å²) in [4.78, 5) is 2.05. The third-order valence-electron chi connectivity index (χ3n) is 3.72. The van der Waals surface area contributed by atoms with Crippen molar-refractivity contribution < 1.29 is 0 Å². The van der Waals surface area contributed by atoms with E-state index in [2.05, 4.69) is 70.0 Å². The van der Waals surface area contributed by atoms with Gasteiger partial charge >= 0.3 is 0 Å². The standard InChI is InChI=1S/C19H14N2S/c1-2-5-15(6-3-1)16-8-10-17(11-9-16)18-7-4-12-21-13-14-22-20-19(18)21/h1-14H. The molecule has 0 N–H and O–H groups in total. The first-order valence-corrected chi connectivity index (χ1v) is 7.99. The summed E-state index contributed by atoms with van der Waals surface area (Å²) < 4.78 is 4.54. The largest absolute Gasteiger partial charge is 0.307 e. The Labute approximate surface area is 134 Å². The number of hydrogen-bond donors (Lipinski definition) is 0. The normalized spacial score (nSPS) is 16.1. The van der Waals surface area contributed by atoms with E-state index in [0.717, 1.165) is 11.4 Å². The minimum absolute atomic E-state index is 0.988.